The third kappa shape index (κ3) is 3.40. The van der Waals surface area contributed by atoms with Crippen molar-refractivity contribution in [3.05, 3.63) is 77.4 Å². The number of rotatable bonds is 5. The van der Waals surface area contributed by atoms with Crippen LogP contribution in [0.15, 0.2) is 55.0 Å². The zero-order valence-corrected chi connectivity index (χ0v) is 16.4. The van der Waals surface area contributed by atoms with Crippen molar-refractivity contribution >= 4 is 5.91 Å². The summed E-state index contributed by atoms with van der Waals surface area (Å²) < 4.78 is 0. The molecule has 0 spiro atoms. The minimum Gasteiger partial charge on any atom is -0.349 e. The number of aromatic nitrogens is 3. The van der Waals surface area contributed by atoms with Crippen LogP contribution in [0.25, 0.3) is 11.4 Å². The largest absolute Gasteiger partial charge is 0.349 e. The molecule has 0 bridgehead atoms. The monoisotopic (exact) mass is 372 g/mol. The molecule has 1 aromatic carbocycles. The van der Waals surface area contributed by atoms with Gasteiger partial charge in [0.05, 0.1) is 11.5 Å². The van der Waals surface area contributed by atoms with Gasteiger partial charge in [0.25, 0.3) is 0 Å². The predicted octanol–water partition coefficient (Wildman–Crippen LogP) is 4.06. The predicted molar refractivity (Wildman–Crippen MR) is 109 cm³/mol. The number of carbonyl (C=O) groups excluding carboxylic acids is 1. The smallest absolute Gasteiger partial charge is 0.231 e. The van der Waals surface area contributed by atoms with Crippen LogP contribution in [0.4, 0.5) is 0 Å². The van der Waals surface area contributed by atoms with E-state index in [0.29, 0.717) is 5.82 Å². The maximum atomic E-state index is 13.0. The lowest BCUT2D eigenvalue weighted by Crippen LogP contribution is -2.36. The first kappa shape index (κ1) is 18.3. The topological polar surface area (TPSA) is 67.8 Å². The van der Waals surface area contributed by atoms with E-state index >= 15 is 0 Å². The summed E-state index contributed by atoms with van der Waals surface area (Å²) in [6.45, 7) is 6.00. The molecule has 1 fully saturated rings. The minimum absolute atomic E-state index is 0.0847. The fraction of sp³-hybridized carbons (Fsp3) is 0.304. The van der Waals surface area contributed by atoms with Crippen LogP contribution in [0.2, 0.25) is 0 Å². The van der Waals surface area contributed by atoms with Crippen LogP contribution in [0.1, 0.15) is 48.2 Å². The lowest BCUT2D eigenvalue weighted by atomic mass is 9.93. The first-order valence-electron chi connectivity index (χ1n) is 9.62. The molecule has 4 rings (SSSR count). The molecule has 3 aromatic rings. The molecule has 28 heavy (non-hydrogen) atoms. The number of nitrogens with zero attached hydrogens (tertiary/aromatic N) is 3. The van der Waals surface area contributed by atoms with Gasteiger partial charge in [0.2, 0.25) is 5.91 Å². The van der Waals surface area contributed by atoms with E-state index in [0.717, 1.165) is 35.2 Å². The molecule has 142 valence electrons. The Bertz CT molecular complexity index is 995. The first-order chi connectivity index (χ1) is 13.5. The standard InChI is InChI=1S/C23H24N4O/c1-15-4-6-19(7-5-15)23(10-11-23)22(28)27-17(3)20-14-25-21(26-16(20)2)18-8-12-24-13-9-18/h4-9,12-14,17H,10-11H2,1-3H3,(H,27,28)/t17-/m1/s1. The quantitative estimate of drug-likeness (QED) is 0.733. The molecular weight excluding hydrogens is 348 g/mol. The number of carbonyl (C=O) groups is 1. The highest BCUT2D eigenvalue weighted by molar-refractivity contribution is 5.91. The van der Waals surface area contributed by atoms with Gasteiger partial charge in [0, 0.05) is 35.4 Å². The molecule has 5 heteroatoms. The molecule has 1 aliphatic rings. The summed E-state index contributed by atoms with van der Waals surface area (Å²) in [6, 6.07) is 11.9. The molecule has 0 unspecified atom stereocenters. The van der Waals surface area contributed by atoms with Crippen LogP contribution in [-0.4, -0.2) is 20.9 Å². The summed E-state index contributed by atoms with van der Waals surface area (Å²) in [4.78, 5) is 26.2. The number of aryl methyl sites for hydroxylation is 2. The summed E-state index contributed by atoms with van der Waals surface area (Å²) in [7, 11) is 0. The van der Waals surface area contributed by atoms with Gasteiger partial charge < -0.3 is 5.32 Å². The van der Waals surface area contributed by atoms with Gasteiger partial charge in [0.1, 0.15) is 0 Å². The fourth-order valence-electron chi connectivity index (χ4n) is 3.60. The number of hydrogen-bond donors (Lipinski definition) is 1. The van der Waals surface area contributed by atoms with Crippen molar-refractivity contribution in [2.45, 2.75) is 45.1 Å². The lowest BCUT2D eigenvalue weighted by molar-refractivity contribution is -0.124. The Balaban J connectivity index is 1.51. The highest BCUT2D eigenvalue weighted by atomic mass is 16.2. The molecule has 0 saturated heterocycles. The van der Waals surface area contributed by atoms with Crippen LogP contribution in [0.5, 0.6) is 0 Å². The van der Waals surface area contributed by atoms with E-state index in [2.05, 4.69) is 51.5 Å². The van der Waals surface area contributed by atoms with Crippen LogP contribution in [0.3, 0.4) is 0 Å². The highest BCUT2D eigenvalue weighted by Gasteiger charge is 2.51. The molecule has 2 heterocycles. The van der Waals surface area contributed by atoms with E-state index < -0.39 is 0 Å². The second-order valence-electron chi connectivity index (χ2n) is 7.61. The summed E-state index contributed by atoms with van der Waals surface area (Å²) >= 11 is 0. The van der Waals surface area contributed by atoms with E-state index in [-0.39, 0.29) is 17.4 Å². The van der Waals surface area contributed by atoms with E-state index in [1.165, 1.54) is 5.56 Å². The van der Waals surface area contributed by atoms with E-state index in [1.807, 2.05) is 32.2 Å². The molecule has 1 amide bonds. The summed E-state index contributed by atoms with van der Waals surface area (Å²) in [5.74, 6) is 0.752. The zero-order chi connectivity index (χ0) is 19.7. The third-order valence-electron chi connectivity index (χ3n) is 5.56. The fourth-order valence-corrected chi connectivity index (χ4v) is 3.60. The Labute approximate surface area is 165 Å². The second-order valence-corrected chi connectivity index (χ2v) is 7.61. The van der Waals surface area contributed by atoms with Crippen LogP contribution in [-0.2, 0) is 10.2 Å². The Morgan fingerprint density at radius 2 is 1.75 bits per heavy atom. The SMILES string of the molecule is Cc1ccc(C2(C(=O)N[C@H](C)c3cnc(-c4ccncc4)nc3C)CC2)cc1. The van der Waals surface area contributed by atoms with Gasteiger partial charge in [-0.3, -0.25) is 9.78 Å². The molecule has 1 N–H and O–H groups in total. The van der Waals surface area contributed by atoms with E-state index in [9.17, 15) is 4.79 Å². The molecule has 1 aliphatic carbocycles. The number of amides is 1. The molecule has 5 nitrogen and oxygen atoms in total. The van der Waals surface area contributed by atoms with Gasteiger partial charge in [-0.05, 0) is 51.3 Å². The molecule has 0 radical (unpaired) electrons. The molecule has 0 aliphatic heterocycles. The maximum Gasteiger partial charge on any atom is 0.231 e. The summed E-state index contributed by atoms with van der Waals surface area (Å²) in [5, 5.41) is 3.18. The number of benzene rings is 1. The Morgan fingerprint density at radius 1 is 1.07 bits per heavy atom. The van der Waals surface area contributed by atoms with Gasteiger partial charge in [-0.1, -0.05) is 29.8 Å². The second kappa shape index (κ2) is 7.15. The third-order valence-corrected chi connectivity index (χ3v) is 5.56. The van der Waals surface area contributed by atoms with Crippen molar-refractivity contribution < 1.29 is 4.79 Å². The Morgan fingerprint density at radius 3 is 2.36 bits per heavy atom. The van der Waals surface area contributed by atoms with Crippen LogP contribution in [0, 0.1) is 13.8 Å². The van der Waals surface area contributed by atoms with Crippen molar-refractivity contribution in [2.75, 3.05) is 0 Å². The van der Waals surface area contributed by atoms with Crippen molar-refractivity contribution in [1.29, 1.82) is 0 Å². The summed E-state index contributed by atoms with van der Waals surface area (Å²) in [5.41, 5.74) is 4.66. The zero-order valence-electron chi connectivity index (χ0n) is 16.4. The van der Waals surface area contributed by atoms with Gasteiger partial charge in [0.15, 0.2) is 5.82 Å². The van der Waals surface area contributed by atoms with Gasteiger partial charge in [-0.25, -0.2) is 9.97 Å². The van der Waals surface area contributed by atoms with Crippen molar-refractivity contribution in [1.82, 2.24) is 20.3 Å². The van der Waals surface area contributed by atoms with Crippen molar-refractivity contribution in [3.63, 3.8) is 0 Å². The average molecular weight is 372 g/mol. The number of pyridine rings is 1. The van der Waals surface area contributed by atoms with Crippen molar-refractivity contribution in [2.24, 2.45) is 0 Å². The van der Waals surface area contributed by atoms with Gasteiger partial charge >= 0.3 is 0 Å². The molecular formula is C23H24N4O. The minimum atomic E-state index is -0.381. The maximum absolute atomic E-state index is 13.0. The van der Waals surface area contributed by atoms with Crippen LogP contribution < -0.4 is 5.32 Å². The number of hydrogen-bond acceptors (Lipinski definition) is 4. The van der Waals surface area contributed by atoms with Gasteiger partial charge in [-0.15, -0.1) is 0 Å². The highest BCUT2D eigenvalue weighted by Crippen LogP contribution is 2.48. The molecule has 1 saturated carbocycles. The van der Waals surface area contributed by atoms with E-state index in [4.69, 9.17) is 0 Å². The Kier molecular flexibility index (Phi) is 4.67. The molecule has 2 aromatic heterocycles. The molecule has 1 atom stereocenters. The lowest BCUT2D eigenvalue weighted by Gasteiger charge is -2.21. The Hall–Kier alpha value is -3.08. The van der Waals surface area contributed by atoms with E-state index in [1.54, 1.807) is 12.4 Å². The first-order valence-corrected chi connectivity index (χ1v) is 9.62. The average Bonchev–Trinajstić information content (AvgIpc) is 3.51. The van der Waals surface area contributed by atoms with Gasteiger partial charge in [-0.2, -0.15) is 0 Å². The van der Waals surface area contributed by atoms with Crippen LogP contribution >= 0.6 is 0 Å². The normalized spacial score (nSPS) is 15.7. The van der Waals surface area contributed by atoms with Crippen molar-refractivity contribution in [3.8, 4) is 11.4 Å². The number of nitrogens with one attached hydrogen (secondary N) is 1. The summed E-state index contributed by atoms with van der Waals surface area (Å²) in [6.07, 6.45) is 7.06.